The summed E-state index contributed by atoms with van der Waals surface area (Å²) in [5, 5.41) is 0.466. The van der Waals surface area contributed by atoms with Crippen molar-refractivity contribution in [2.75, 3.05) is 19.6 Å². The first-order chi connectivity index (χ1) is 14.8. The van der Waals surface area contributed by atoms with E-state index in [1.165, 1.54) is 22.2 Å². The molecule has 168 valence electrons. The number of thiophene rings is 1. The standard InChI is InChI=1S/C23H32N4O3S/c1-14-9-15(2)11-25(10-14)18(28)12-26-13-24-21-19(22(26)29)17(4)20(31-21)23(30)27-8-6-5-7-16(27)3/h13-16H,5-12H2,1-4H3/t14-,15-,16+/m1/s1. The van der Waals surface area contributed by atoms with E-state index >= 15 is 0 Å². The number of hydrogen-bond acceptors (Lipinski definition) is 5. The van der Waals surface area contributed by atoms with Gasteiger partial charge < -0.3 is 9.80 Å². The molecule has 0 spiro atoms. The second-order valence-corrected chi connectivity index (χ2v) is 10.5. The lowest BCUT2D eigenvalue weighted by Gasteiger charge is -2.35. The highest BCUT2D eigenvalue weighted by atomic mass is 32.1. The van der Waals surface area contributed by atoms with Gasteiger partial charge in [-0.1, -0.05) is 13.8 Å². The summed E-state index contributed by atoms with van der Waals surface area (Å²) in [6, 6.07) is 0.211. The van der Waals surface area contributed by atoms with Gasteiger partial charge in [-0.05, 0) is 56.9 Å². The number of nitrogens with zero attached hydrogens (tertiary/aromatic N) is 4. The van der Waals surface area contributed by atoms with Crippen molar-refractivity contribution in [3.05, 3.63) is 27.1 Å². The first-order valence-electron chi connectivity index (χ1n) is 11.3. The Balaban J connectivity index is 1.60. The van der Waals surface area contributed by atoms with E-state index in [0.29, 0.717) is 32.5 Å². The number of piperidine rings is 2. The lowest BCUT2D eigenvalue weighted by Crippen LogP contribution is -2.44. The highest BCUT2D eigenvalue weighted by Crippen LogP contribution is 2.30. The maximum absolute atomic E-state index is 13.2. The van der Waals surface area contributed by atoms with Gasteiger partial charge in [-0.3, -0.25) is 19.0 Å². The lowest BCUT2D eigenvalue weighted by atomic mass is 9.92. The zero-order chi connectivity index (χ0) is 22.3. The highest BCUT2D eigenvalue weighted by molar-refractivity contribution is 7.20. The monoisotopic (exact) mass is 444 g/mol. The molecule has 2 aromatic heterocycles. The smallest absolute Gasteiger partial charge is 0.264 e. The molecule has 2 fully saturated rings. The molecule has 0 bridgehead atoms. The van der Waals surface area contributed by atoms with Gasteiger partial charge in [-0.2, -0.15) is 0 Å². The number of hydrogen-bond donors (Lipinski definition) is 0. The second kappa shape index (κ2) is 8.73. The van der Waals surface area contributed by atoms with E-state index < -0.39 is 0 Å². The summed E-state index contributed by atoms with van der Waals surface area (Å²) < 4.78 is 1.39. The van der Waals surface area contributed by atoms with E-state index in [9.17, 15) is 14.4 Å². The molecule has 2 aliphatic heterocycles. The summed E-state index contributed by atoms with van der Waals surface area (Å²) in [7, 11) is 0. The molecule has 2 aliphatic rings. The van der Waals surface area contributed by atoms with Crippen molar-refractivity contribution in [1.29, 1.82) is 0 Å². The van der Waals surface area contributed by atoms with Crippen LogP contribution in [0.3, 0.4) is 0 Å². The molecule has 0 aliphatic carbocycles. The third kappa shape index (κ3) is 4.27. The summed E-state index contributed by atoms with van der Waals surface area (Å²) in [6.45, 7) is 10.4. The van der Waals surface area contributed by atoms with Crippen LogP contribution in [-0.2, 0) is 11.3 Å². The van der Waals surface area contributed by atoms with Crippen molar-refractivity contribution in [1.82, 2.24) is 19.4 Å². The van der Waals surface area contributed by atoms with Crippen LogP contribution in [0.5, 0.6) is 0 Å². The van der Waals surface area contributed by atoms with E-state index in [1.54, 1.807) is 0 Å². The highest BCUT2D eigenvalue weighted by Gasteiger charge is 2.29. The maximum Gasteiger partial charge on any atom is 0.264 e. The normalized spacial score (nSPS) is 24.6. The van der Waals surface area contributed by atoms with Gasteiger partial charge in [0.05, 0.1) is 16.6 Å². The van der Waals surface area contributed by atoms with Gasteiger partial charge in [0, 0.05) is 25.7 Å². The zero-order valence-electron chi connectivity index (χ0n) is 18.9. The number of aromatic nitrogens is 2. The quantitative estimate of drug-likeness (QED) is 0.728. The van der Waals surface area contributed by atoms with Crippen molar-refractivity contribution >= 4 is 33.4 Å². The molecule has 0 unspecified atom stereocenters. The molecule has 31 heavy (non-hydrogen) atoms. The van der Waals surface area contributed by atoms with Crippen LogP contribution in [0.25, 0.3) is 10.2 Å². The molecule has 0 N–H and O–H groups in total. The minimum absolute atomic E-state index is 0.00832. The van der Waals surface area contributed by atoms with Gasteiger partial charge in [-0.15, -0.1) is 11.3 Å². The number of carbonyl (C=O) groups is 2. The molecule has 3 atom stereocenters. The lowest BCUT2D eigenvalue weighted by molar-refractivity contribution is -0.134. The van der Waals surface area contributed by atoms with E-state index in [1.807, 2.05) is 16.7 Å². The van der Waals surface area contributed by atoms with E-state index in [-0.39, 0.29) is 30.0 Å². The Kier molecular flexibility index (Phi) is 6.19. The Morgan fingerprint density at radius 3 is 2.55 bits per heavy atom. The molecule has 2 amide bonds. The number of fused-ring (bicyclic) bond motifs is 1. The summed E-state index contributed by atoms with van der Waals surface area (Å²) in [6.07, 6.45) is 5.74. The molecule has 7 nitrogen and oxygen atoms in total. The predicted molar refractivity (Wildman–Crippen MR) is 122 cm³/mol. The Hall–Kier alpha value is -2.22. The van der Waals surface area contributed by atoms with Crippen LogP contribution in [0.4, 0.5) is 0 Å². The molecule has 2 saturated heterocycles. The van der Waals surface area contributed by atoms with Crippen LogP contribution in [0, 0.1) is 18.8 Å². The van der Waals surface area contributed by atoms with Crippen LogP contribution in [0.2, 0.25) is 0 Å². The fraction of sp³-hybridized carbons (Fsp3) is 0.652. The van der Waals surface area contributed by atoms with Crippen molar-refractivity contribution in [2.24, 2.45) is 11.8 Å². The van der Waals surface area contributed by atoms with E-state index in [4.69, 9.17) is 0 Å². The fourth-order valence-corrected chi connectivity index (χ4v) is 6.21. The van der Waals surface area contributed by atoms with Gasteiger partial charge >= 0.3 is 0 Å². The number of aryl methyl sites for hydroxylation is 1. The molecule has 8 heteroatoms. The third-order valence-corrected chi connectivity index (χ3v) is 7.89. The van der Waals surface area contributed by atoms with Crippen LogP contribution in [0.15, 0.2) is 11.1 Å². The Bertz CT molecular complexity index is 1050. The van der Waals surface area contributed by atoms with Gasteiger partial charge in [0.2, 0.25) is 5.91 Å². The van der Waals surface area contributed by atoms with Gasteiger partial charge in [0.25, 0.3) is 11.5 Å². The third-order valence-electron chi connectivity index (χ3n) is 6.70. The van der Waals surface area contributed by atoms with Crippen molar-refractivity contribution in [3.8, 4) is 0 Å². The molecule has 2 aromatic rings. The van der Waals surface area contributed by atoms with Crippen LogP contribution in [-0.4, -0.2) is 56.8 Å². The number of amides is 2. The average Bonchev–Trinajstić information content (AvgIpc) is 3.06. The molecular weight excluding hydrogens is 412 g/mol. The largest absolute Gasteiger partial charge is 0.341 e. The SMILES string of the molecule is Cc1c(C(=O)N2CCCC[C@@H]2C)sc2ncn(CC(=O)N3C[C@H](C)C[C@@H](C)C3)c(=O)c12. The molecule has 4 rings (SSSR count). The first-order valence-corrected chi connectivity index (χ1v) is 12.1. The molecule has 4 heterocycles. The Labute approximate surface area is 187 Å². The van der Waals surface area contributed by atoms with E-state index in [2.05, 4.69) is 25.8 Å². The van der Waals surface area contributed by atoms with Gasteiger partial charge in [-0.25, -0.2) is 4.98 Å². The van der Waals surface area contributed by atoms with Crippen LogP contribution in [0.1, 0.15) is 61.7 Å². The molecular formula is C23H32N4O3S. The minimum Gasteiger partial charge on any atom is -0.341 e. The second-order valence-electron chi connectivity index (χ2n) is 9.50. The summed E-state index contributed by atoms with van der Waals surface area (Å²) in [5.74, 6) is 0.879. The van der Waals surface area contributed by atoms with Gasteiger partial charge in [0.15, 0.2) is 0 Å². The summed E-state index contributed by atoms with van der Waals surface area (Å²) in [5.41, 5.74) is 0.443. The Morgan fingerprint density at radius 1 is 1.16 bits per heavy atom. The first kappa shape index (κ1) is 22.0. The number of likely N-dealkylation sites (tertiary alicyclic amines) is 2. The van der Waals surface area contributed by atoms with Gasteiger partial charge in [0.1, 0.15) is 11.4 Å². The minimum atomic E-state index is -0.240. The number of carbonyl (C=O) groups excluding carboxylic acids is 2. The topological polar surface area (TPSA) is 75.5 Å². The maximum atomic E-state index is 13.2. The summed E-state index contributed by atoms with van der Waals surface area (Å²) in [4.78, 5) is 48.6. The molecule has 0 radical (unpaired) electrons. The fourth-order valence-electron chi connectivity index (χ4n) is 5.12. The van der Waals surface area contributed by atoms with Crippen molar-refractivity contribution in [3.63, 3.8) is 0 Å². The van der Waals surface area contributed by atoms with Crippen LogP contribution < -0.4 is 5.56 Å². The van der Waals surface area contributed by atoms with Crippen molar-refractivity contribution in [2.45, 2.75) is 66.0 Å². The average molecular weight is 445 g/mol. The predicted octanol–water partition coefficient (Wildman–Crippen LogP) is 3.29. The molecule has 0 aromatic carbocycles. The Morgan fingerprint density at radius 2 is 1.87 bits per heavy atom. The van der Waals surface area contributed by atoms with E-state index in [0.717, 1.165) is 45.3 Å². The van der Waals surface area contributed by atoms with Crippen molar-refractivity contribution < 1.29 is 9.59 Å². The molecule has 0 saturated carbocycles. The zero-order valence-corrected chi connectivity index (χ0v) is 19.7. The number of rotatable bonds is 3. The summed E-state index contributed by atoms with van der Waals surface area (Å²) >= 11 is 1.29. The van der Waals surface area contributed by atoms with Crippen LogP contribution >= 0.6 is 11.3 Å².